The van der Waals surface area contributed by atoms with Gasteiger partial charge in [-0.25, -0.2) is 4.99 Å². The number of nitrogens with zero attached hydrogens (tertiary/aromatic N) is 2. The molecule has 0 aliphatic carbocycles. The zero-order chi connectivity index (χ0) is 20.1. The number of aryl methyl sites for hydroxylation is 1. The SMILES string of the molecule is Cc1cc(OCCN2C=CC(N)=NC2C)cc(OS(=O)(=O)c2ccccc2)c1. The maximum Gasteiger partial charge on any atom is 0.339 e. The zero-order valence-corrected chi connectivity index (χ0v) is 16.6. The molecule has 0 saturated carbocycles. The number of hydrogen-bond acceptors (Lipinski definition) is 7. The summed E-state index contributed by atoms with van der Waals surface area (Å²) in [6, 6.07) is 13.1. The highest BCUT2D eigenvalue weighted by Crippen LogP contribution is 2.25. The lowest BCUT2D eigenvalue weighted by molar-refractivity contribution is 0.222. The average Bonchev–Trinajstić information content (AvgIpc) is 2.63. The van der Waals surface area contributed by atoms with Crippen LogP contribution in [-0.4, -0.2) is 38.5 Å². The van der Waals surface area contributed by atoms with Gasteiger partial charge in [0, 0.05) is 12.3 Å². The molecule has 0 aromatic heterocycles. The Morgan fingerprint density at radius 2 is 1.86 bits per heavy atom. The Morgan fingerprint density at radius 3 is 2.57 bits per heavy atom. The highest BCUT2D eigenvalue weighted by molar-refractivity contribution is 7.87. The molecule has 0 bridgehead atoms. The minimum Gasteiger partial charge on any atom is -0.492 e. The Bertz CT molecular complexity index is 988. The quantitative estimate of drug-likeness (QED) is 0.717. The molecule has 8 heteroatoms. The minimum absolute atomic E-state index is 0.0546. The first-order chi connectivity index (χ1) is 13.3. The van der Waals surface area contributed by atoms with Crippen molar-refractivity contribution in [1.29, 1.82) is 0 Å². The predicted octanol–water partition coefficient (Wildman–Crippen LogP) is 2.67. The number of ether oxygens (including phenoxy) is 1. The third-order valence-corrected chi connectivity index (χ3v) is 5.39. The second kappa shape index (κ2) is 8.35. The number of amidine groups is 1. The van der Waals surface area contributed by atoms with E-state index >= 15 is 0 Å². The second-order valence-electron chi connectivity index (χ2n) is 6.42. The van der Waals surface area contributed by atoms with Gasteiger partial charge in [-0.2, -0.15) is 8.42 Å². The minimum atomic E-state index is -3.90. The van der Waals surface area contributed by atoms with E-state index in [9.17, 15) is 8.42 Å². The van der Waals surface area contributed by atoms with Crippen molar-refractivity contribution in [3.8, 4) is 11.5 Å². The molecule has 2 aromatic rings. The van der Waals surface area contributed by atoms with Crippen LogP contribution < -0.4 is 14.7 Å². The molecule has 1 atom stereocenters. The van der Waals surface area contributed by atoms with Gasteiger partial charge in [-0.05, 0) is 49.8 Å². The summed E-state index contributed by atoms with van der Waals surface area (Å²) in [6.07, 6.45) is 3.57. The van der Waals surface area contributed by atoms with Crippen molar-refractivity contribution in [2.45, 2.75) is 24.9 Å². The van der Waals surface area contributed by atoms with E-state index in [1.807, 2.05) is 31.0 Å². The molecule has 0 amide bonds. The molecule has 1 unspecified atom stereocenters. The van der Waals surface area contributed by atoms with Gasteiger partial charge in [0.25, 0.3) is 0 Å². The van der Waals surface area contributed by atoms with Crippen LogP contribution in [0, 0.1) is 6.92 Å². The number of rotatable bonds is 7. The van der Waals surface area contributed by atoms with Crippen molar-refractivity contribution in [2.24, 2.45) is 10.7 Å². The average molecular weight is 401 g/mol. The first kappa shape index (κ1) is 19.8. The van der Waals surface area contributed by atoms with Crippen LogP contribution >= 0.6 is 0 Å². The molecule has 0 saturated heterocycles. The molecular formula is C20H23N3O4S. The molecule has 0 spiro atoms. The van der Waals surface area contributed by atoms with Gasteiger partial charge >= 0.3 is 10.1 Å². The molecular weight excluding hydrogens is 378 g/mol. The van der Waals surface area contributed by atoms with Crippen molar-refractivity contribution in [2.75, 3.05) is 13.2 Å². The maximum absolute atomic E-state index is 12.4. The maximum atomic E-state index is 12.4. The molecule has 7 nitrogen and oxygen atoms in total. The summed E-state index contributed by atoms with van der Waals surface area (Å²) >= 11 is 0. The first-order valence-electron chi connectivity index (χ1n) is 8.85. The van der Waals surface area contributed by atoms with E-state index in [1.165, 1.54) is 12.1 Å². The largest absolute Gasteiger partial charge is 0.492 e. The summed E-state index contributed by atoms with van der Waals surface area (Å²) < 4.78 is 35.9. The number of hydrogen-bond donors (Lipinski definition) is 1. The van der Waals surface area contributed by atoms with Crippen LogP contribution in [0.3, 0.4) is 0 Å². The number of benzene rings is 2. The van der Waals surface area contributed by atoms with E-state index in [-0.39, 0.29) is 16.8 Å². The van der Waals surface area contributed by atoms with Crippen LogP contribution in [0.4, 0.5) is 0 Å². The molecule has 1 heterocycles. The van der Waals surface area contributed by atoms with Crippen molar-refractivity contribution in [3.05, 3.63) is 66.4 Å². The molecule has 148 valence electrons. The lowest BCUT2D eigenvalue weighted by Crippen LogP contribution is -2.35. The highest BCUT2D eigenvalue weighted by atomic mass is 32.2. The van der Waals surface area contributed by atoms with Gasteiger partial charge in [0.2, 0.25) is 0 Å². The highest BCUT2D eigenvalue weighted by Gasteiger charge is 2.17. The van der Waals surface area contributed by atoms with Crippen molar-refractivity contribution in [3.63, 3.8) is 0 Å². The summed E-state index contributed by atoms with van der Waals surface area (Å²) in [5, 5.41) is 0. The molecule has 0 fully saturated rings. The normalized spacial score (nSPS) is 16.6. The molecule has 1 aliphatic rings. The Labute approximate surface area is 165 Å². The fraction of sp³-hybridized carbons (Fsp3) is 0.250. The lowest BCUT2D eigenvalue weighted by Gasteiger charge is -2.27. The Morgan fingerprint density at radius 1 is 1.14 bits per heavy atom. The van der Waals surface area contributed by atoms with Crippen LogP contribution in [0.2, 0.25) is 0 Å². The van der Waals surface area contributed by atoms with E-state index in [2.05, 4.69) is 4.99 Å². The van der Waals surface area contributed by atoms with Gasteiger partial charge in [0.15, 0.2) is 0 Å². The summed E-state index contributed by atoms with van der Waals surface area (Å²) in [5.74, 6) is 1.25. The Balaban J connectivity index is 1.64. The van der Waals surface area contributed by atoms with Crippen LogP contribution in [0.5, 0.6) is 11.5 Å². The van der Waals surface area contributed by atoms with E-state index < -0.39 is 10.1 Å². The number of aliphatic imine (C=N–C) groups is 1. The van der Waals surface area contributed by atoms with Gasteiger partial charge in [0.1, 0.15) is 35.0 Å². The smallest absolute Gasteiger partial charge is 0.339 e. The molecule has 2 N–H and O–H groups in total. The van der Waals surface area contributed by atoms with Crippen molar-refractivity contribution < 1.29 is 17.3 Å². The van der Waals surface area contributed by atoms with E-state index in [0.717, 1.165) is 5.56 Å². The fourth-order valence-corrected chi connectivity index (χ4v) is 3.70. The summed E-state index contributed by atoms with van der Waals surface area (Å²) in [6.45, 7) is 4.81. The molecule has 28 heavy (non-hydrogen) atoms. The van der Waals surface area contributed by atoms with Gasteiger partial charge in [-0.3, -0.25) is 0 Å². The fourth-order valence-electron chi connectivity index (χ4n) is 2.77. The predicted molar refractivity (Wildman–Crippen MR) is 108 cm³/mol. The summed E-state index contributed by atoms with van der Waals surface area (Å²) in [4.78, 5) is 6.38. The van der Waals surface area contributed by atoms with Gasteiger partial charge in [-0.15, -0.1) is 0 Å². The summed E-state index contributed by atoms with van der Waals surface area (Å²) in [7, 11) is -3.90. The standard InChI is InChI=1S/C20H23N3O4S/c1-15-12-17(26-11-10-23-9-8-20(21)22-16(23)2)14-18(13-15)27-28(24,25)19-6-4-3-5-7-19/h3-9,12-14,16H,10-11H2,1-2H3,(H2,21,22). The van der Waals surface area contributed by atoms with E-state index in [1.54, 1.807) is 36.4 Å². The third kappa shape index (κ3) is 5.04. The van der Waals surface area contributed by atoms with Crippen LogP contribution in [0.25, 0.3) is 0 Å². The van der Waals surface area contributed by atoms with E-state index in [0.29, 0.717) is 24.7 Å². The van der Waals surface area contributed by atoms with Crippen LogP contribution in [0.1, 0.15) is 12.5 Å². The second-order valence-corrected chi connectivity index (χ2v) is 7.97. The molecule has 3 rings (SSSR count). The first-order valence-corrected chi connectivity index (χ1v) is 10.3. The lowest BCUT2D eigenvalue weighted by atomic mass is 10.2. The van der Waals surface area contributed by atoms with Crippen LogP contribution in [0.15, 0.2) is 70.7 Å². The zero-order valence-electron chi connectivity index (χ0n) is 15.8. The molecule has 1 aliphatic heterocycles. The molecule has 2 aromatic carbocycles. The topological polar surface area (TPSA) is 94.2 Å². The monoisotopic (exact) mass is 401 g/mol. The third-order valence-electron chi connectivity index (χ3n) is 4.13. The van der Waals surface area contributed by atoms with Gasteiger partial charge in [-0.1, -0.05) is 18.2 Å². The van der Waals surface area contributed by atoms with Gasteiger partial charge < -0.3 is 19.6 Å². The van der Waals surface area contributed by atoms with Gasteiger partial charge in [0.05, 0.1) is 6.54 Å². The number of nitrogens with two attached hydrogens (primary N) is 1. The molecule has 0 radical (unpaired) electrons. The van der Waals surface area contributed by atoms with Crippen molar-refractivity contribution in [1.82, 2.24) is 4.90 Å². The Kier molecular flexibility index (Phi) is 5.89. The Hall–Kier alpha value is -3.00. The summed E-state index contributed by atoms with van der Waals surface area (Å²) in [5.41, 5.74) is 6.51. The van der Waals surface area contributed by atoms with Crippen LogP contribution in [-0.2, 0) is 10.1 Å². The van der Waals surface area contributed by atoms with E-state index in [4.69, 9.17) is 14.7 Å². The van der Waals surface area contributed by atoms with Crippen molar-refractivity contribution >= 4 is 16.0 Å².